The molecular formula is C8H6ClF3N2O2. The van der Waals surface area contributed by atoms with Crippen LogP contribution < -0.4 is 5.73 Å². The molecule has 0 saturated carbocycles. The van der Waals surface area contributed by atoms with Gasteiger partial charge in [0.25, 0.3) is 0 Å². The summed E-state index contributed by atoms with van der Waals surface area (Å²) in [5.74, 6) is 0. The van der Waals surface area contributed by atoms with Crippen LogP contribution in [0.3, 0.4) is 0 Å². The lowest BCUT2D eigenvalue weighted by Crippen LogP contribution is -2.15. The lowest BCUT2D eigenvalue weighted by molar-refractivity contribution is -0.137. The van der Waals surface area contributed by atoms with Crippen LogP contribution in [0.4, 0.5) is 18.0 Å². The molecule has 4 nitrogen and oxygen atoms in total. The molecule has 0 aliphatic rings. The fourth-order valence-electron chi connectivity index (χ4n) is 0.870. The fourth-order valence-corrected chi connectivity index (χ4v) is 1.09. The van der Waals surface area contributed by atoms with Crippen molar-refractivity contribution in [2.45, 2.75) is 11.7 Å². The molecule has 16 heavy (non-hydrogen) atoms. The van der Waals surface area contributed by atoms with Crippen LogP contribution in [0.2, 0.25) is 0 Å². The van der Waals surface area contributed by atoms with Gasteiger partial charge >= 0.3 is 12.3 Å². The highest BCUT2D eigenvalue weighted by atomic mass is 35.5. The third-order valence-electron chi connectivity index (χ3n) is 1.57. The first-order valence-electron chi connectivity index (χ1n) is 3.94. The Balaban J connectivity index is 2.83. The van der Waals surface area contributed by atoms with Gasteiger partial charge in [-0.15, -0.1) is 0 Å². The number of amides is 1. The van der Waals surface area contributed by atoms with Crippen molar-refractivity contribution in [1.29, 1.82) is 0 Å². The molecule has 8 heteroatoms. The molecule has 1 unspecified atom stereocenters. The van der Waals surface area contributed by atoms with Crippen LogP contribution in [0.5, 0.6) is 0 Å². The molecule has 0 spiro atoms. The van der Waals surface area contributed by atoms with E-state index in [1.807, 2.05) is 0 Å². The van der Waals surface area contributed by atoms with Crippen molar-refractivity contribution >= 4 is 17.7 Å². The standard InChI is InChI=1S/C8H6ClF3N2O2/c9-6(16-7(13)15)5-2-1-4(3-14-5)8(10,11)12/h1-3,6H,(H2,13,15). The Morgan fingerprint density at radius 1 is 1.50 bits per heavy atom. The molecule has 1 aromatic rings. The highest BCUT2D eigenvalue weighted by Gasteiger charge is 2.31. The van der Waals surface area contributed by atoms with Crippen LogP contribution in [0.1, 0.15) is 16.8 Å². The fraction of sp³-hybridized carbons (Fsp3) is 0.250. The van der Waals surface area contributed by atoms with Crippen LogP contribution in [-0.4, -0.2) is 11.1 Å². The van der Waals surface area contributed by atoms with E-state index in [9.17, 15) is 18.0 Å². The van der Waals surface area contributed by atoms with E-state index in [0.29, 0.717) is 6.20 Å². The third kappa shape index (κ3) is 3.27. The summed E-state index contributed by atoms with van der Waals surface area (Å²) in [5.41, 5.74) is 2.42. The second-order valence-electron chi connectivity index (χ2n) is 2.72. The van der Waals surface area contributed by atoms with Crippen molar-refractivity contribution in [3.8, 4) is 0 Å². The Bertz CT molecular complexity index is 380. The van der Waals surface area contributed by atoms with Gasteiger partial charge in [-0.25, -0.2) is 4.79 Å². The molecular weight excluding hydrogens is 249 g/mol. The summed E-state index contributed by atoms with van der Waals surface area (Å²) in [5, 5.41) is 0. The van der Waals surface area contributed by atoms with Gasteiger partial charge in [0.15, 0.2) is 0 Å². The van der Waals surface area contributed by atoms with E-state index in [-0.39, 0.29) is 5.69 Å². The molecule has 1 rings (SSSR count). The molecule has 0 fully saturated rings. The Kier molecular flexibility index (Phi) is 3.58. The number of ether oxygens (including phenoxy) is 1. The van der Waals surface area contributed by atoms with Crippen molar-refractivity contribution in [2.24, 2.45) is 5.73 Å². The van der Waals surface area contributed by atoms with Crippen LogP contribution in [0.25, 0.3) is 0 Å². The van der Waals surface area contributed by atoms with Gasteiger partial charge in [0, 0.05) is 6.20 Å². The quantitative estimate of drug-likeness (QED) is 0.825. The van der Waals surface area contributed by atoms with Gasteiger partial charge in [-0.3, -0.25) is 4.98 Å². The number of nitrogens with zero attached hydrogens (tertiary/aromatic N) is 1. The molecule has 1 heterocycles. The van der Waals surface area contributed by atoms with E-state index in [2.05, 4.69) is 15.5 Å². The first-order chi connectivity index (χ1) is 7.30. The summed E-state index contributed by atoms with van der Waals surface area (Å²) in [6.07, 6.45) is -5.02. The van der Waals surface area contributed by atoms with E-state index in [4.69, 9.17) is 11.6 Å². The number of carbonyl (C=O) groups is 1. The average molecular weight is 255 g/mol. The zero-order valence-corrected chi connectivity index (χ0v) is 8.42. The van der Waals surface area contributed by atoms with Crippen molar-refractivity contribution in [1.82, 2.24) is 4.98 Å². The highest BCUT2D eigenvalue weighted by molar-refractivity contribution is 6.20. The van der Waals surface area contributed by atoms with Crippen molar-refractivity contribution < 1.29 is 22.7 Å². The summed E-state index contributed by atoms with van der Waals surface area (Å²) in [4.78, 5) is 13.7. The maximum absolute atomic E-state index is 12.2. The summed E-state index contributed by atoms with van der Waals surface area (Å²) in [6, 6.07) is 1.78. The zero-order chi connectivity index (χ0) is 12.3. The monoisotopic (exact) mass is 254 g/mol. The lowest BCUT2D eigenvalue weighted by Gasteiger charge is -2.10. The lowest BCUT2D eigenvalue weighted by atomic mass is 10.2. The van der Waals surface area contributed by atoms with Gasteiger partial charge in [0.1, 0.15) is 0 Å². The Morgan fingerprint density at radius 2 is 2.12 bits per heavy atom. The van der Waals surface area contributed by atoms with Crippen molar-refractivity contribution in [3.05, 3.63) is 29.6 Å². The second kappa shape index (κ2) is 4.56. The Morgan fingerprint density at radius 3 is 2.50 bits per heavy atom. The molecule has 88 valence electrons. The average Bonchev–Trinajstić information content (AvgIpc) is 2.15. The van der Waals surface area contributed by atoms with Crippen molar-refractivity contribution in [2.75, 3.05) is 0 Å². The van der Waals surface area contributed by atoms with E-state index >= 15 is 0 Å². The summed E-state index contributed by atoms with van der Waals surface area (Å²) in [7, 11) is 0. The molecule has 1 amide bonds. The molecule has 0 aromatic carbocycles. The zero-order valence-electron chi connectivity index (χ0n) is 7.66. The molecule has 0 bridgehead atoms. The highest BCUT2D eigenvalue weighted by Crippen LogP contribution is 2.29. The largest absolute Gasteiger partial charge is 0.424 e. The summed E-state index contributed by atoms with van der Waals surface area (Å²) in [6.45, 7) is 0. The normalized spacial score (nSPS) is 13.2. The van der Waals surface area contributed by atoms with Gasteiger partial charge in [-0.2, -0.15) is 13.2 Å². The molecule has 1 atom stereocenters. The van der Waals surface area contributed by atoms with Crippen LogP contribution >= 0.6 is 11.6 Å². The number of alkyl halides is 4. The number of hydrogen-bond donors (Lipinski definition) is 1. The predicted molar refractivity (Wildman–Crippen MR) is 48.5 cm³/mol. The van der Waals surface area contributed by atoms with E-state index in [0.717, 1.165) is 12.1 Å². The smallest absolute Gasteiger partial charge is 0.417 e. The number of rotatable bonds is 2. The molecule has 0 radical (unpaired) electrons. The number of primary amides is 1. The van der Waals surface area contributed by atoms with Gasteiger partial charge in [-0.05, 0) is 12.1 Å². The maximum atomic E-state index is 12.2. The van der Waals surface area contributed by atoms with Gasteiger partial charge in [-0.1, -0.05) is 11.6 Å². The number of aromatic nitrogens is 1. The van der Waals surface area contributed by atoms with Gasteiger partial charge < -0.3 is 10.5 Å². The number of carbonyl (C=O) groups excluding carboxylic acids is 1. The molecule has 0 aliphatic heterocycles. The van der Waals surface area contributed by atoms with Crippen molar-refractivity contribution in [3.63, 3.8) is 0 Å². The van der Waals surface area contributed by atoms with Gasteiger partial charge in [0.2, 0.25) is 5.56 Å². The molecule has 1 aromatic heterocycles. The summed E-state index contributed by atoms with van der Waals surface area (Å²) >= 11 is 5.50. The van der Waals surface area contributed by atoms with Crippen LogP contribution in [-0.2, 0) is 10.9 Å². The minimum absolute atomic E-state index is 0.0338. The van der Waals surface area contributed by atoms with Gasteiger partial charge in [0.05, 0.1) is 11.3 Å². The molecule has 2 N–H and O–H groups in total. The summed E-state index contributed by atoms with van der Waals surface area (Å²) < 4.78 is 40.8. The van der Waals surface area contributed by atoms with E-state index in [1.54, 1.807) is 0 Å². The van der Waals surface area contributed by atoms with Crippen LogP contribution in [0, 0.1) is 0 Å². The second-order valence-corrected chi connectivity index (χ2v) is 3.12. The number of halogens is 4. The predicted octanol–water partition coefficient (Wildman–Crippen LogP) is 2.43. The van der Waals surface area contributed by atoms with E-state index in [1.165, 1.54) is 0 Å². The molecule has 0 aliphatic carbocycles. The van der Waals surface area contributed by atoms with Crippen LogP contribution in [0.15, 0.2) is 18.3 Å². The molecule has 0 saturated heterocycles. The Labute approximate surface area is 93.2 Å². The number of pyridine rings is 1. The maximum Gasteiger partial charge on any atom is 0.417 e. The first kappa shape index (κ1) is 12.6. The SMILES string of the molecule is NC(=O)OC(Cl)c1ccc(C(F)(F)F)cn1. The third-order valence-corrected chi connectivity index (χ3v) is 1.88. The first-order valence-corrected chi connectivity index (χ1v) is 4.37. The Hall–Kier alpha value is -1.50. The number of nitrogens with two attached hydrogens (primary N) is 1. The minimum Gasteiger partial charge on any atom is -0.424 e. The topological polar surface area (TPSA) is 65.2 Å². The number of hydrogen-bond acceptors (Lipinski definition) is 3. The van der Waals surface area contributed by atoms with E-state index < -0.39 is 23.4 Å². The minimum atomic E-state index is -4.47.